The molecule has 1 heterocycles. The van der Waals surface area contributed by atoms with E-state index < -0.39 is 0 Å². The van der Waals surface area contributed by atoms with Gasteiger partial charge in [-0.2, -0.15) is 0 Å². The molecule has 0 unspecified atom stereocenters. The zero-order valence-corrected chi connectivity index (χ0v) is 13.0. The number of phenols is 1. The zero-order chi connectivity index (χ0) is 15.2. The number of benzene rings is 2. The highest BCUT2D eigenvalue weighted by Gasteiger charge is 2.14. The molecule has 1 saturated heterocycles. The van der Waals surface area contributed by atoms with Crippen LogP contribution in [0, 0.1) is 5.92 Å². The van der Waals surface area contributed by atoms with Crippen LogP contribution in [-0.4, -0.2) is 18.3 Å². The van der Waals surface area contributed by atoms with Crippen molar-refractivity contribution in [1.82, 2.24) is 0 Å². The number of aromatic hydroxyl groups is 1. The highest BCUT2D eigenvalue weighted by molar-refractivity contribution is 5.71. The fraction of sp³-hybridized carbons (Fsp3) is 0.400. The molecule has 2 aromatic rings. The van der Waals surface area contributed by atoms with Crippen LogP contribution in [0.4, 0.5) is 0 Å². The quantitative estimate of drug-likeness (QED) is 0.858. The molecule has 0 radical (unpaired) electrons. The van der Waals surface area contributed by atoms with Gasteiger partial charge < -0.3 is 9.84 Å². The van der Waals surface area contributed by atoms with Gasteiger partial charge in [-0.25, -0.2) is 0 Å². The van der Waals surface area contributed by atoms with Crippen LogP contribution < -0.4 is 0 Å². The summed E-state index contributed by atoms with van der Waals surface area (Å²) in [4.78, 5) is 0. The van der Waals surface area contributed by atoms with Gasteiger partial charge >= 0.3 is 0 Å². The topological polar surface area (TPSA) is 29.5 Å². The van der Waals surface area contributed by atoms with E-state index >= 15 is 0 Å². The highest BCUT2D eigenvalue weighted by atomic mass is 16.5. The molecule has 0 spiro atoms. The highest BCUT2D eigenvalue weighted by Crippen LogP contribution is 2.33. The van der Waals surface area contributed by atoms with Gasteiger partial charge in [0.05, 0.1) is 0 Å². The molecule has 2 aromatic carbocycles. The summed E-state index contributed by atoms with van der Waals surface area (Å²) in [6, 6.07) is 16.2. The number of phenolic OH excluding ortho intramolecular Hbond substituents is 1. The summed E-state index contributed by atoms with van der Waals surface area (Å²) in [7, 11) is 0. The van der Waals surface area contributed by atoms with E-state index in [4.69, 9.17) is 4.74 Å². The van der Waals surface area contributed by atoms with Crippen LogP contribution in [0.15, 0.2) is 48.5 Å². The summed E-state index contributed by atoms with van der Waals surface area (Å²) in [6.45, 7) is 1.83. The molecule has 1 fully saturated rings. The molecule has 0 bridgehead atoms. The van der Waals surface area contributed by atoms with Crippen LogP contribution in [0.25, 0.3) is 11.1 Å². The lowest BCUT2D eigenvalue weighted by molar-refractivity contribution is 0.0633. The average Bonchev–Trinajstić information content (AvgIpc) is 2.58. The van der Waals surface area contributed by atoms with Gasteiger partial charge in [-0.05, 0) is 49.1 Å². The molecule has 2 heteroatoms. The van der Waals surface area contributed by atoms with Gasteiger partial charge in [0.2, 0.25) is 0 Å². The second-order valence-corrected chi connectivity index (χ2v) is 6.13. The lowest BCUT2D eigenvalue weighted by Gasteiger charge is -2.21. The Hall–Kier alpha value is -1.80. The molecule has 22 heavy (non-hydrogen) atoms. The molecule has 0 aromatic heterocycles. The lowest BCUT2D eigenvalue weighted by atomic mass is 9.92. The standard InChI is InChI=1S/C20H24O2/c21-20-18(9-4-6-16-12-14-22-15-13-16)10-5-11-19(20)17-7-2-1-3-8-17/h1-3,5,7-8,10-11,16,21H,4,6,9,12-15H2. The second kappa shape index (κ2) is 7.46. The summed E-state index contributed by atoms with van der Waals surface area (Å²) in [5, 5.41) is 10.6. The third kappa shape index (κ3) is 3.69. The maximum absolute atomic E-state index is 10.6. The van der Waals surface area contributed by atoms with E-state index in [2.05, 4.69) is 0 Å². The van der Waals surface area contributed by atoms with Gasteiger partial charge in [0.15, 0.2) is 0 Å². The van der Waals surface area contributed by atoms with Crippen LogP contribution in [0.5, 0.6) is 5.75 Å². The first kappa shape index (κ1) is 15.1. The molecule has 0 saturated carbocycles. The van der Waals surface area contributed by atoms with Crippen molar-refractivity contribution in [2.45, 2.75) is 32.1 Å². The Bertz CT molecular complexity index is 586. The van der Waals surface area contributed by atoms with E-state index in [9.17, 15) is 5.11 Å². The second-order valence-electron chi connectivity index (χ2n) is 6.13. The van der Waals surface area contributed by atoms with Crippen molar-refractivity contribution >= 4 is 0 Å². The van der Waals surface area contributed by atoms with E-state index in [1.165, 1.54) is 19.3 Å². The number of para-hydroxylation sites is 1. The van der Waals surface area contributed by atoms with Gasteiger partial charge in [0.1, 0.15) is 5.75 Å². The maximum atomic E-state index is 10.6. The first-order chi connectivity index (χ1) is 10.8. The van der Waals surface area contributed by atoms with Gasteiger partial charge in [0.25, 0.3) is 0 Å². The fourth-order valence-electron chi connectivity index (χ4n) is 3.26. The van der Waals surface area contributed by atoms with Gasteiger partial charge in [0, 0.05) is 18.8 Å². The monoisotopic (exact) mass is 296 g/mol. The summed E-state index contributed by atoms with van der Waals surface area (Å²) in [5.74, 6) is 1.24. The molecule has 116 valence electrons. The predicted molar refractivity (Wildman–Crippen MR) is 90.0 cm³/mol. The SMILES string of the molecule is Oc1c(CCCC2CCOCC2)cccc1-c1ccccc1. The van der Waals surface area contributed by atoms with E-state index in [1.807, 2.05) is 48.5 Å². The Balaban J connectivity index is 1.64. The van der Waals surface area contributed by atoms with E-state index in [1.54, 1.807) is 0 Å². The minimum atomic E-state index is 0.445. The number of aryl methyl sites for hydroxylation is 1. The summed E-state index contributed by atoms with van der Waals surface area (Å²) >= 11 is 0. The van der Waals surface area contributed by atoms with Gasteiger partial charge in [-0.15, -0.1) is 0 Å². The van der Waals surface area contributed by atoms with E-state index in [0.29, 0.717) is 5.75 Å². The molecule has 0 aliphatic carbocycles. The van der Waals surface area contributed by atoms with Crippen molar-refractivity contribution in [3.05, 3.63) is 54.1 Å². The number of hydrogen-bond acceptors (Lipinski definition) is 2. The van der Waals surface area contributed by atoms with Crippen molar-refractivity contribution in [3.63, 3.8) is 0 Å². The molecule has 1 N–H and O–H groups in total. The average molecular weight is 296 g/mol. The van der Waals surface area contributed by atoms with Crippen LogP contribution in [-0.2, 0) is 11.2 Å². The van der Waals surface area contributed by atoms with E-state index in [-0.39, 0.29) is 0 Å². The van der Waals surface area contributed by atoms with Gasteiger partial charge in [-0.1, -0.05) is 48.5 Å². The van der Waals surface area contributed by atoms with Crippen LogP contribution in [0.3, 0.4) is 0 Å². The van der Waals surface area contributed by atoms with Crippen molar-refractivity contribution in [2.75, 3.05) is 13.2 Å². The first-order valence-corrected chi connectivity index (χ1v) is 8.28. The van der Waals surface area contributed by atoms with Crippen molar-refractivity contribution < 1.29 is 9.84 Å². The van der Waals surface area contributed by atoms with Crippen LogP contribution in [0.1, 0.15) is 31.2 Å². The zero-order valence-electron chi connectivity index (χ0n) is 13.0. The number of hydrogen-bond donors (Lipinski definition) is 1. The van der Waals surface area contributed by atoms with Crippen LogP contribution in [0.2, 0.25) is 0 Å². The van der Waals surface area contributed by atoms with Crippen molar-refractivity contribution in [2.24, 2.45) is 5.92 Å². The third-order valence-electron chi connectivity index (χ3n) is 4.60. The Labute approximate surface area is 132 Å². The molecular weight excluding hydrogens is 272 g/mol. The molecule has 0 amide bonds. The smallest absolute Gasteiger partial charge is 0.126 e. The molecule has 1 aliphatic heterocycles. The molecule has 0 atom stereocenters. The summed E-state index contributed by atoms with van der Waals surface area (Å²) in [6.07, 6.45) is 5.70. The minimum Gasteiger partial charge on any atom is -0.507 e. The Kier molecular flexibility index (Phi) is 5.12. The molecule has 1 aliphatic rings. The Morgan fingerprint density at radius 1 is 0.955 bits per heavy atom. The first-order valence-electron chi connectivity index (χ1n) is 8.28. The Morgan fingerprint density at radius 3 is 2.50 bits per heavy atom. The normalized spacial score (nSPS) is 15.8. The molecule has 2 nitrogen and oxygen atoms in total. The van der Waals surface area contributed by atoms with Crippen LogP contribution >= 0.6 is 0 Å². The van der Waals surface area contributed by atoms with Crippen molar-refractivity contribution in [3.8, 4) is 16.9 Å². The number of rotatable bonds is 5. The largest absolute Gasteiger partial charge is 0.507 e. The molecular formula is C20H24O2. The van der Waals surface area contributed by atoms with Gasteiger partial charge in [-0.3, -0.25) is 0 Å². The summed E-state index contributed by atoms with van der Waals surface area (Å²) in [5.41, 5.74) is 3.07. The maximum Gasteiger partial charge on any atom is 0.126 e. The number of ether oxygens (including phenoxy) is 1. The Morgan fingerprint density at radius 2 is 1.73 bits per heavy atom. The fourth-order valence-corrected chi connectivity index (χ4v) is 3.26. The molecule has 3 rings (SSSR count). The van der Waals surface area contributed by atoms with E-state index in [0.717, 1.165) is 48.7 Å². The lowest BCUT2D eigenvalue weighted by Crippen LogP contribution is -2.15. The summed E-state index contributed by atoms with van der Waals surface area (Å²) < 4.78 is 5.41. The third-order valence-corrected chi connectivity index (χ3v) is 4.60. The minimum absolute atomic E-state index is 0.445. The van der Waals surface area contributed by atoms with Crippen molar-refractivity contribution in [1.29, 1.82) is 0 Å². The predicted octanol–water partition coefficient (Wildman–Crippen LogP) is 4.81.